The van der Waals surface area contributed by atoms with Crippen LogP contribution in [-0.2, 0) is 9.53 Å². The van der Waals surface area contributed by atoms with Crippen LogP contribution in [0.2, 0.25) is 0 Å². The summed E-state index contributed by atoms with van der Waals surface area (Å²) in [5.74, 6) is 0.0657. The molecule has 1 heterocycles. The molecule has 1 aromatic rings. The van der Waals surface area contributed by atoms with Gasteiger partial charge in [0.1, 0.15) is 0 Å². The van der Waals surface area contributed by atoms with E-state index in [0.717, 1.165) is 41.6 Å². The van der Waals surface area contributed by atoms with Crippen molar-refractivity contribution in [3.05, 3.63) is 28.2 Å². The average molecular weight is 312 g/mol. The van der Waals surface area contributed by atoms with Crippen LogP contribution in [-0.4, -0.2) is 18.6 Å². The molecule has 0 spiro atoms. The lowest BCUT2D eigenvalue weighted by Crippen LogP contribution is -2.15. The number of benzene rings is 1. The fraction of sp³-hybridized carbons (Fsp3) is 0.500. The number of amides is 1. The van der Waals surface area contributed by atoms with Gasteiger partial charge in [0.05, 0.1) is 6.10 Å². The maximum Gasteiger partial charge on any atom is 0.224 e. The Hall–Kier alpha value is -0.870. The monoisotopic (exact) mass is 311 g/mol. The van der Waals surface area contributed by atoms with Crippen molar-refractivity contribution >= 4 is 27.5 Å². The SMILES string of the molecule is Cc1cc(Br)ccc1NC(=O)CC[C@H]1CCCO1. The lowest BCUT2D eigenvalue weighted by atomic mass is 10.1. The first-order valence-electron chi connectivity index (χ1n) is 6.33. The number of aryl methyl sites for hydroxylation is 1. The first-order valence-corrected chi connectivity index (χ1v) is 7.12. The number of rotatable bonds is 4. The van der Waals surface area contributed by atoms with E-state index in [1.807, 2.05) is 25.1 Å². The summed E-state index contributed by atoms with van der Waals surface area (Å²) >= 11 is 3.41. The lowest BCUT2D eigenvalue weighted by molar-refractivity contribution is -0.116. The van der Waals surface area contributed by atoms with Crippen LogP contribution in [0, 0.1) is 6.92 Å². The molecule has 1 atom stereocenters. The van der Waals surface area contributed by atoms with E-state index in [2.05, 4.69) is 21.2 Å². The number of anilines is 1. The van der Waals surface area contributed by atoms with Crippen molar-refractivity contribution in [2.24, 2.45) is 0 Å². The summed E-state index contributed by atoms with van der Waals surface area (Å²) < 4.78 is 6.53. The van der Waals surface area contributed by atoms with E-state index >= 15 is 0 Å². The fourth-order valence-corrected chi connectivity index (χ4v) is 2.62. The van der Waals surface area contributed by atoms with Crippen LogP contribution in [0.15, 0.2) is 22.7 Å². The minimum absolute atomic E-state index is 0.0657. The van der Waals surface area contributed by atoms with E-state index in [0.29, 0.717) is 6.42 Å². The number of ether oxygens (including phenoxy) is 1. The number of halogens is 1. The molecule has 1 aliphatic rings. The molecule has 18 heavy (non-hydrogen) atoms. The van der Waals surface area contributed by atoms with Gasteiger partial charge in [-0.25, -0.2) is 0 Å². The highest BCUT2D eigenvalue weighted by Crippen LogP contribution is 2.21. The van der Waals surface area contributed by atoms with Crippen LogP contribution in [0.4, 0.5) is 5.69 Å². The smallest absolute Gasteiger partial charge is 0.224 e. The molecular formula is C14H18BrNO2. The Morgan fingerprint density at radius 3 is 3.06 bits per heavy atom. The highest BCUT2D eigenvalue weighted by Gasteiger charge is 2.16. The Morgan fingerprint density at radius 1 is 1.56 bits per heavy atom. The third-order valence-electron chi connectivity index (χ3n) is 3.18. The van der Waals surface area contributed by atoms with Gasteiger partial charge in [-0.3, -0.25) is 4.79 Å². The van der Waals surface area contributed by atoms with E-state index < -0.39 is 0 Å². The van der Waals surface area contributed by atoms with Gasteiger partial charge in [0.25, 0.3) is 0 Å². The fourth-order valence-electron chi connectivity index (χ4n) is 2.14. The first kappa shape index (κ1) is 13.6. The second kappa shape index (κ2) is 6.34. The Bertz CT molecular complexity index is 428. The van der Waals surface area contributed by atoms with Gasteiger partial charge in [0.2, 0.25) is 5.91 Å². The number of hydrogen-bond acceptors (Lipinski definition) is 2. The molecule has 0 aromatic heterocycles. The van der Waals surface area contributed by atoms with Gasteiger partial charge in [0.15, 0.2) is 0 Å². The molecule has 0 aliphatic carbocycles. The first-order chi connectivity index (χ1) is 8.65. The molecule has 0 bridgehead atoms. The molecule has 4 heteroatoms. The highest BCUT2D eigenvalue weighted by molar-refractivity contribution is 9.10. The largest absolute Gasteiger partial charge is 0.378 e. The van der Waals surface area contributed by atoms with Crippen LogP contribution >= 0.6 is 15.9 Å². The molecule has 1 fully saturated rings. The summed E-state index contributed by atoms with van der Waals surface area (Å²) in [6, 6.07) is 5.85. The summed E-state index contributed by atoms with van der Waals surface area (Å²) in [5.41, 5.74) is 1.95. The summed E-state index contributed by atoms with van der Waals surface area (Å²) in [6.07, 6.45) is 3.84. The summed E-state index contributed by atoms with van der Waals surface area (Å²) in [5, 5.41) is 2.95. The van der Waals surface area contributed by atoms with Crippen molar-refractivity contribution in [3.63, 3.8) is 0 Å². The van der Waals surface area contributed by atoms with Gasteiger partial charge in [0, 0.05) is 23.2 Å². The third kappa shape index (κ3) is 3.82. The van der Waals surface area contributed by atoms with Crippen molar-refractivity contribution in [1.29, 1.82) is 0 Å². The van der Waals surface area contributed by atoms with Crippen LogP contribution < -0.4 is 5.32 Å². The Kier molecular flexibility index (Phi) is 4.78. The third-order valence-corrected chi connectivity index (χ3v) is 3.67. The van der Waals surface area contributed by atoms with Crippen molar-refractivity contribution in [1.82, 2.24) is 0 Å². The molecule has 1 aliphatic heterocycles. The standard InChI is InChI=1S/C14H18BrNO2/c1-10-9-11(15)4-6-13(10)16-14(17)7-5-12-3-2-8-18-12/h4,6,9,12H,2-3,5,7-8H2,1H3,(H,16,17)/t12-/m1/s1. The van der Waals surface area contributed by atoms with E-state index in [-0.39, 0.29) is 12.0 Å². The minimum atomic E-state index is 0.0657. The van der Waals surface area contributed by atoms with Crippen LogP contribution in [0.1, 0.15) is 31.2 Å². The van der Waals surface area contributed by atoms with E-state index in [1.165, 1.54) is 0 Å². The number of carbonyl (C=O) groups excluding carboxylic acids is 1. The van der Waals surface area contributed by atoms with Gasteiger partial charge < -0.3 is 10.1 Å². The van der Waals surface area contributed by atoms with Crippen LogP contribution in [0.25, 0.3) is 0 Å². The molecule has 98 valence electrons. The maximum atomic E-state index is 11.8. The molecule has 1 aromatic carbocycles. The molecule has 2 rings (SSSR count). The Balaban J connectivity index is 1.82. The molecule has 0 saturated carbocycles. The summed E-state index contributed by atoms with van der Waals surface area (Å²) in [6.45, 7) is 2.83. The van der Waals surface area contributed by atoms with Crippen molar-refractivity contribution in [3.8, 4) is 0 Å². The van der Waals surface area contributed by atoms with Gasteiger partial charge >= 0.3 is 0 Å². The summed E-state index contributed by atoms with van der Waals surface area (Å²) in [7, 11) is 0. The van der Waals surface area contributed by atoms with Crippen molar-refractivity contribution in [2.45, 2.75) is 38.7 Å². The van der Waals surface area contributed by atoms with Crippen LogP contribution in [0.3, 0.4) is 0 Å². The van der Waals surface area contributed by atoms with E-state index in [9.17, 15) is 4.79 Å². The zero-order valence-corrected chi connectivity index (χ0v) is 12.1. The number of hydrogen-bond donors (Lipinski definition) is 1. The highest BCUT2D eigenvalue weighted by atomic mass is 79.9. The topological polar surface area (TPSA) is 38.3 Å². The number of carbonyl (C=O) groups is 1. The van der Waals surface area contributed by atoms with Gasteiger partial charge in [-0.1, -0.05) is 15.9 Å². The summed E-state index contributed by atoms with van der Waals surface area (Å²) in [4.78, 5) is 11.8. The van der Waals surface area contributed by atoms with Crippen LogP contribution in [0.5, 0.6) is 0 Å². The molecule has 1 N–H and O–H groups in total. The Morgan fingerprint density at radius 2 is 2.39 bits per heavy atom. The normalized spacial score (nSPS) is 18.9. The minimum Gasteiger partial charge on any atom is -0.378 e. The predicted octanol–water partition coefficient (Wildman–Crippen LogP) is 3.66. The molecule has 1 saturated heterocycles. The van der Waals surface area contributed by atoms with Crippen molar-refractivity contribution < 1.29 is 9.53 Å². The van der Waals surface area contributed by atoms with Gasteiger partial charge in [-0.05, 0) is 49.9 Å². The van der Waals surface area contributed by atoms with Gasteiger partial charge in [-0.15, -0.1) is 0 Å². The van der Waals surface area contributed by atoms with Crippen molar-refractivity contribution in [2.75, 3.05) is 11.9 Å². The van der Waals surface area contributed by atoms with E-state index in [1.54, 1.807) is 0 Å². The quantitative estimate of drug-likeness (QED) is 0.921. The number of nitrogens with one attached hydrogen (secondary N) is 1. The average Bonchev–Trinajstić information content (AvgIpc) is 2.83. The zero-order chi connectivity index (χ0) is 13.0. The molecule has 1 amide bonds. The Labute approximate surface area is 116 Å². The molecule has 3 nitrogen and oxygen atoms in total. The second-order valence-corrected chi connectivity index (χ2v) is 5.60. The predicted molar refractivity (Wildman–Crippen MR) is 75.7 cm³/mol. The molecule has 0 unspecified atom stereocenters. The molecular weight excluding hydrogens is 294 g/mol. The maximum absolute atomic E-state index is 11.8. The zero-order valence-electron chi connectivity index (χ0n) is 10.5. The van der Waals surface area contributed by atoms with E-state index in [4.69, 9.17) is 4.74 Å². The van der Waals surface area contributed by atoms with Gasteiger partial charge in [-0.2, -0.15) is 0 Å². The molecule has 0 radical (unpaired) electrons. The lowest BCUT2D eigenvalue weighted by Gasteiger charge is -2.11. The second-order valence-electron chi connectivity index (χ2n) is 4.68.